The van der Waals surface area contributed by atoms with Crippen molar-refractivity contribution in [2.24, 2.45) is 7.05 Å². The maximum atomic E-state index is 12.2. The van der Waals surface area contributed by atoms with E-state index in [1.54, 1.807) is 15.8 Å². The minimum absolute atomic E-state index is 0.0393. The molecule has 1 aliphatic heterocycles. The van der Waals surface area contributed by atoms with Crippen molar-refractivity contribution in [2.45, 2.75) is 31.8 Å². The van der Waals surface area contributed by atoms with E-state index >= 15 is 0 Å². The van der Waals surface area contributed by atoms with Crippen molar-refractivity contribution >= 4 is 23.4 Å². The fourth-order valence-corrected chi connectivity index (χ4v) is 3.21. The zero-order valence-electron chi connectivity index (χ0n) is 14.1. The monoisotopic (exact) mass is 360 g/mol. The lowest BCUT2D eigenvalue weighted by Gasteiger charge is -2.18. The molecule has 0 saturated carbocycles. The summed E-state index contributed by atoms with van der Waals surface area (Å²) < 4.78 is 1.72. The molecule has 132 valence electrons. The van der Waals surface area contributed by atoms with Crippen LogP contribution in [-0.4, -0.2) is 39.1 Å². The first kappa shape index (κ1) is 17.5. The highest BCUT2D eigenvalue weighted by Gasteiger charge is 2.30. The van der Waals surface area contributed by atoms with E-state index in [1.165, 1.54) is 0 Å². The van der Waals surface area contributed by atoms with Gasteiger partial charge in [-0.2, -0.15) is 5.10 Å². The molecule has 1 fully saturated rings. The Balaban J connectivity index is 1.48. The van der Waals surface area contributed by atoms with Crippen LogP contribution in [0.2, 0.25) is 5.02 Å². The number of nitrogens with one attached hydrogen (secondary N) is 1. The minimum atomic E-state index is -0.142. The molecule has 1 aromatic heterocycles. The van der Waals surface area contributed by atoms with Crippen molar-refractivity contribution < 1.29 is 9.59 Å². The quantitative estimate of drug-likeness (QED) is 0.855. The molecule has 0 bridgehead atoms. The third kappa shape index (κ3) is 4.60. The lowest BCUT2D eigenvalue weighted by Crippen LogP contribution is -2.37. The third-order valence-corrected chi connectivity index (χ3v) is 4.67. The molecule has 6 nitrogen and oxygen atoms in total. The average Bonchev–Trinajstić information content (AvgIpc) is 3.13. The van der Waals surface area contributed by atoms with Crippen LogP contribution in [0, 0.1) is 0 Å². The highest BCUT2D eigenvalue weighted by molar-refractivity contribution is 6.31. The number of benzene rings is 1. The Kier molecular flexibility index (Phi) is 5.38. The van der Waals surface area contributed by atoms with Crippen molar-refractivity contribution in [1.29, 1.82) is 0 Å². The van der Waals surface area contributed by atoms with Gasteiger partial charge < -0.3 is 10.2 Å². The summed E-state index contributed by atoms with van der Waals surface area (Å²) in [6.07, 6.45) is 5.03. The standard InChI is InChI=1S/C18H21ClN4O2/c1-22-10-13(9-20-22)6-7-17(24)21-15-8-18(25)23(12-15)11-14-4-2-3-5-16(14)19/h2-5,9-10,15H,6-8,11-12H2,1H3,(H,21,24)/t15-/m1/s1. The molecule has 2 aromatic rings. The zero-order chi connectivity index (χ0) is 17.8. The second kappa shape index (κ2) is 7.70. The maximum absolute atomic E-state index is 12.2. The molecule has 7 heteroatoms. The second-order valence-corrected chi connectivity index (χ2v) is 6.76. The Morgan fingerprint density at radius 1 is 1.40 bits per heavy atom. The number of aromatic nitrogens is 2. The molecule has 0 unspecified atom stereocenters. The van der Waals surface area contributed by atoms with E-state index in [1.807, 2.05) is 37.5 Å². The first-order chi connectivity index (χ1) is 12.0. The third-order valence-electron chi connectivity index (χ3n) is 4.30. The number of aryl methyl sites for hydroxylation is 2. The summed E-state index contributed by atoms with van der Waals surface area (Å²) in [6, 6.07) is 7.35. The number of nitrogens with zero attached hydrogens (tertiary/aromatic N) is 3. The molecular weight excluding hydrogens is 340 g/mol. The Labute approximate surface area is 151 Å². The SMILES string of the molecule is Cn1cc(CCC(=O)N[C@@H]2CC(=O)N(Cc3ccccc3Cl)C2)cn1. The topological polar surface area (TPSA) is 67.2 Å². The van der Waals surface area contributed by atoms with Gasteiger partial charge in [-0.15, -0.1) is 0 Å². The van der Waals surface area contributed by atoms with Gasteiger partial charge in [-0.25, -0.2) is 0 Å². The molecule has 1 saturated heterocycles. The van der Waals surface area contributed by atoms with E-state index in [-0.39, 0.29) is 17.9 Å². The highest BCUT2D eigenvalue weighted by Crippen LogP contribution is 2.20. The van der Waals surface area contributed by atoms with Gasteiger partial charge in [0, 0.05) is 44.2 Å². The molecule has 1 aromatic carbocycles. The summed E-state index contributed by atoms with van der Waals surface area (Å²) >= 11 is 6.16. The Bertz CT molecular complexity index is 774. The van der Waals surface area contributed by atoms with Gasteiger partial charge in [-0.1, -0.05) is 29.8 Å². The van der Waals surface area contributed by atoms with Crippen LogP contribution in [-0.2, 0) is 29.6 Å². The normalized spacial score (nSPS) is 17.1. The summed E-state index contributed by atoms with van der Waals surface area (Å²) in [5.74, 6) is -0.00118. The van der Waals surface area contributed by atoms with Crippen LogP contribution >= 0.6 is 11.6 Å². The summed E-state index contributed by atoms with van der Waals surface area (Å²) in [7, 11) is 1.85. The number of hydrogen-bond acceptors (Lipinski definition) is 3. The van der Waals surface area contributed by atoms with Gasteiger partial charge in [0.2, 0.25) is 11.8 Å². The van der Waals surface area contributed by atoms with Gasteiger partial charge in [0.1, 0.15) is 0 Å². The first-order valence-electron chi connectivity index (χ1n) is 8.29. The van der Waals surface area contributed by atoms with Crippen LogP contribution in [0.4, 0.5) is 0 Å². The number of halogens is 1. The average molecular weight is 361 g/mol. The second-order valence-electron chi connectivity index (χ2n) is 6.36. The molecule has 25 heavy (non-hydrogen) atoms. The molecule has 2 heterocycles. The molecular formula is C18H21ClN4O2. The molecule has 1 aliphatic rings. The van der Waals surface area contributed by atoms with Crippen molar-refractivity contribution in [1.82, 2.24) is 20.0 Å². The van der Waals surface area contributed by atoms with Crippen LogP contribution in [0.5, 0.6) is 0 Å². The smallest absolute Gasteiger partial charge is 0.225 e. The highest BCUT2D eigenvalue weighted by atomic mass is 35.5. The van der Waals surface area contributed by atoms with Crippen molar-refractivity contribution in [3.05, 3.63) is 52.8 Å². The fraction of sp³-hybridized carbons (Fsp3) is 0.389. The lowest BCUT2D eigenvalue weighted by molar-refractivity contribution is -0.128. The molecule has 0 radical (unpaired) electrons. The van der Waals surface area contributed by atoms with Crippen LogP contribution < -0.4 is 5.32 Å². The van der Waals surface area contributed by atoms with E-state index in [2.05, 4.69) is 10.4 Å². The molecule has 0 spiro atoms. The van der Waals surface area contributed by atoms with E-state index < -0.39 is 0 Å². The summed E-state index contributed by atoms with van der Waals surface area (Å²) in [5, 5.41) is 7.69. The Morgan fingerprint density at radius 3 is 2.92 bits per heavy atom. The number of hydrogen-bond donors (Lipinski definition) is 1. The van der Waals surface area contributed by atoms with Crippen LogP contribution in [0.15, 0.2) is 36.7 Å². The molecule has 0 aliphatic carbocycles. The number of likely N-dealkylation sites (tertiary alicyclic amines) is 1. The van der Waals surface area contributed by atoms with Gasteiger partial charge in [0.15, 0.2) is 0 Å². The summed E-state index contributed by atoms with van der Waals surface area (Å²) in [5.41, 5.74) is 1.95. The minimum Gasteiger partial charge on any atom is -0.351 e. The van der Waals surface area contributed by atoms with E-state index in [9.17, 15) is 9.59 Å². The van der Waals surface area contributed by atoms with Crippen molar-refractivity contribution in [3.8, 4) is 0 Å². The van der Waals surface area contributed by atoms with E-state index in [0.29, 0.717) is 37.4 Å². The molecule has 1 atom stereocenters. The summed E-state index contributed by atoms with van der Waals surface area (Å²) in [6.45, 7) is 0.989. The number of amides is 2. The summed E-state index contributed by atoms with van der Waals surface area (Å²) in [4.78, 5) is 26.0. The number of rotatable bonds is 6. The van der Waals surface area contributed by atoms with Gasteiger partial charge in [-0.3, -0.25) is 14.3 Å². The number of carbonyl (C=O) groups excluding carboxylic acids is 2. The predicted octanol–water partition coefficient (Wildman–Crippen LogP) is 1.92. The number of carbonyl (C=O) groups is 2. The van der Waals surface area contributed by atoms with E-state index in [0.717, 1.165) is 11.1 Å². The maximum Gasteiger partial charge on any atom is 0.225 e. The van der Waals surface area contributed by atoms with Crippen LogP contribution in [0.1, 0.15) is 24.0 Å². The van der Waals surface area contributed by atoms with Gasteiger partial charge in [0.05, 0.1) is 12.2 Å². The molecule has 2 amide bonds. The Hall–Kier alpha value is -2.34. The van der Waals surface area contributed by atoms with Crippen LogP contribution in [0.3, 0.4) is 0 Å². The molecule has 3 rings (SSSR count). The fourth-order valence-electron chi connectivity index (χ4n) is 3.01. The van der Waals surface area contributed by atoms with Crippen molar-refractivity contribution in [3.63, 3.8) is 0 Å². The lowest BCUT2D eigenvalue weighted by atomic mass is 10.2. The Morgan fingerprint density at radius 2 is 2.20 bits per heavy atom. The molecule has 1 N–H and O–H groups in total. The predicted molar refractivity (Wildman–Crippen MR) is 94.9 cm³/mol. The van der Waals surface area contributed by atoms with Gasteiger partial charge in [0.25, 0.3) is 0 Å². The zero-order valence-corrected chi connectivity index (χ0v) is 14.9. The van der Waals surface area contributed by atoms with Gasteiger partial charge in [-0.05, 0) is 23.6 Å². The largest absolute Gasteiger partial charge is 0.351 e. The van der Waals surface area contributed by atoms with Crippen LogP contribution in [0.25, 0.3) is 0 Å². The van der Waals surface area contributed by atoms with Crippen molar-refractivity contribution in [2.75, 3.05) is 6.54 Å². The van der Waals surface area contributed by atoms with Gasteiger partial charge >= 0.3 is 0 Å². The van der Waals surface area contributed by atoms with E-state index in [4.69, 9.17) is 11.6 Å². The first-order valence-corrected chi connectivity index (χ1v) is 8.67.